The molecule has 0 atom stereocenters. The molecule has 1 aromatic heterocycles. The van der Waals surface area contributed by atoms with E-state index in [4.69, 9.17) is 0 Å². The highest BCUT2D eigenvalue weighted by molar-refractivity contribution is 5.81. The van der Waals surface area contributed by atoms with Gasteiger partial charge < -0.3 is 10.3 Å². The van der Waals surface area contributed by atoms with Crippen molar-refractivity contribution in [3.05, 3.63) is 45.2 Å². The van der Waals surface area contributed by atoms with Gasteiger partial charge in [0.2, 0.25) is 0 Å². The van der Waals surface area contributed by atoms with E-state index in [0.29, 0.717) is 0 Å². The van der Waals surface area contributed by atoms with Crippen LogP contribution in [0.25, 0.3) is 10.9 Å². The molecule has 0 aliphatic carbocycles. The minimum atomic E-state index is 0.0428. The maximum atomic E-state index is 12.0. The molecule has 1 aliphatic rings. The summed E-state index contributed by atoms with van der Waals surface area (Å²) in [5.41, 5.74) is 4.58. The van der Waals surface area contributed by atoms with Gasteiger partial charge in [-0.05, 0) is 53.6 Å². The summed E-state index contributed by atoms with van der Waals surface area (Å²) in [5.74, 6) is 0.260. The number of aromatic amines is 1. The quantitative estimate of drug-likeness (QED) is 0.806. The summed E-state index contributed by atoms with van der Waals surface area (Å²) in [7, 11) is 0. The predicted octanol–water partition coefficient (Wildman–Crippen LogP) is 2.30. The molecule has 0 fully saturated rings. The van der Waals surface area contributed by atoms with E-state index >= 15 is 0 Å². The summed E-state index contributed by atoms with van der Waals surface area (Å²) < 4.78 is 0. The first-order chi connectivity index (χ1) is 8.65. The molecular formula is C15H18N2O. The zero-order valence-electron chi connectivity index (χ0n) is 10.8. The van der Waals surface area contributed by atoms with E-state index in [1.54, 1.807) is 0 Å². The van der Waals surface area contributed by atoms with Crippen LogP contribution < -0.4 is 10.9 Å². The fourth-order valence-corrected chi connectivity index (χ4v) is 2.64. The van der Waals surface area contributed by atoms with Crippen molar-refractivity contribution in [2.45, 2.75) is 32.7 Å². The molecular weight excluding hydrogens is 224 g/mol. The fourth-order valence-electron chi connectivity index (χ4n) is 2.64. The Labute approximate surface area is 106 Å². The third-order valence-corrected chi connectivity index (χ3v) is 3.70. The van der Waals surface area contributed by atoms with Crippen molar-refractivity contribution in [2.24, 2.45) is 0 Å². The lowest BCUT2D eigenvalue weighted by Gasteiger charge is -2.18. The molecule has 2 aromatic rings. The molecule has 0 bridgehead atoms. The summed E-state index contributed by atoms with van der Waals surface area (Å²) >= 11 is 0. The van der Waals surface area contributed by atoms with E-state index in [1.807, 2.05) is 6.07 Å². The first-order valence-corrected chi connectivity index (χ1v) is 6.54. The Morgan fingerprint density at radius 3 is 2.78 bits per heavy atom. The van der Waals surface area contributed by atoms with E-state index < -0.39 is 0 Å². The minimum Gasteiger partial charge on any atom is -0.322 e. The molecule has 0 spiro atoms. The van der Waals surface area contributed by atoms with Crippen LogP contribution in [0.2, 0.25) is 0 Å². The molecule has 0 unspecified atom stereocenters. The molecule has 3 nitrogen and oxygen atoms in total. The third kappa shape index (κ3) is 1.85. The van der Waals surface area contributed by atoms with E-state index in [9.17, 15) is 4.79 Å². The second-order valence-corrected chi connectivity index (χ2v) is 5.34. The summed E-state index contributed by atoms with van der Waals surface area (Å²) in [4.78, 5) is 15.0. The highest BCUT2D eigenvalue weighted by Crippen LogP contribution is 2.22. The average Bonchev–Trinajstić information content (AvgIpc) is 2.35. The van der Waals surface area contributed by atoms with Crippen molar-refractivity contribution in [1.29, 1.82) is 0 Å². The van der Waals surface area contributed by atoms with Crippen molar-refractivity contribution in [2.75, 3.05) is 6.54 Å². The molecule has 18 heavy (non-hydrogen) atoms. The Balaban J connectivity index is 2.25. The van der Waals surface area contributed by atoms with Gasteiger partial charge in [0.05, 0.1) is 0 Å². The van der Waals surface area contributed by atoms with Gasteiger partial charge >= 0.3 is 0 Å². The molecule has 2 heterocycles. The fraction of sp³-hybridized carbons (Fsp3) is 0.400. The maximum Gasteiger partial charge on any atom is 0.251 e. The third-order valence-electron chi connectivity index (χ3n) is 3.70. The normalized spacial score (nSPS) is 15.1. The van der Waals surface area contributed by atoms with Gasteiger partial charge in [-0.2, -0.15) is 0 Å². The number of H-pyrrole nitrogens is 1. The van der Waals surface area contributed by atoms with E-state index in [1.165, 1.54) is 11.1 Å². The van der Waals surface area contributed by atoms with Crippen LogP contribution >= 0.6 is 0 Å². The first kappa shape index (κ1) is 11.5. The number of hydrogen-bond donors (Lipinski definition) is 2. The maximum absolute atomic E-state index is 12.0. The Morgan fingerprint density at radius 1 is 1.17 bits per heavy atom. The largest absolute Gasteiger partial charge is 0.322 e. The number of aromatic nitrogens is 1. The number of benzene rings is 1. The van der Waals surface area contributed by atoms with Crippen LogP contribution in [0.15, 0.2) is 23.0 Å². The minimum absolute atomic E-state index is 0.0428. The molecule has 0 radical (unpaired) electrons. The van der Waals surface area contributed by atoms with E-state index in [-0.39, 0.29) is 11.5 Å². The van der Waals surface area contributed by atoms with Gasteiger partial charge in [-0.15, -0.1) is 0 Å². The van der Waals surface area contributed by atoms with Gasteiger partial charge in [-0.3, -0.25) is 4.79 Å². The van der Waals surface area contributed by atoms with Gasteiger partial charge in [0.25, 0.3) is 5.56 Å². The monoisotopic (exact) mass is 242 g/mol. The smallest absolute Gasteiger partial charge is 0.251 e. The van der Waals surface area contributed by atoms with Gasteiger partial charge in [-0.25, -0.2) is 0 Å². The van der Waals surface area contributed by atoms with Crippen molar-refractivity contribution in [3.8, 4) is 0 Å². The molecule has 1 aromatic carbocycles. The number of fused-ring (bicyclic) bond motifs is 2. The van der Waals surface area contributed by atoms with Crippen LogP contribution in [0.1, 0.15) is 36.5 Å². The number of pyridine rings is 1. The van der Waals surface area contributed by atoms with E-state index in [2.05, 4.69) is 36.3 Å². The van der Waals surface area contributed by atoms with Crippen LogP contribution in [-0.4, -0.2) is 11.5 Å². The van der Waals surface area contributed by atoms with Crippen LogP contribution in [0.5, 0.6) is 0 Å². The number of rotatable bonds is 1. The van der Waals surface area contributed by atoms with Crippen LogP contribution in [0.4, 0.5) is 0 Å². The Morgan fingerprint density at radius 2 is 2.00 bits per heavy atom. The van der Waals surface area contributed by atoms with E-state index in [0.717, 1.165) is 36.0 Å². The van der Waals surface area contributed by atoms with Crippen LogP contribution in [-0.2, 0) is 13.0 Å². The van der Waals surface area contributed by atoms with Crippen molar-refractivity contribution < 1.29 is 0 Å². The molecule has 94 valence electrons. The molecule has 1 aliphatic heterocycles. The lowest BCUT2D eigenvalue weighted by Crippen LogP contribution is -2.23. The Kier molecular flexibility index (Phi) is 2.71. The molecule has 3 rings (SSSR count). The van der Waals surface area contributed by atoms with Crippen molar-refractivity contribution in [1.82, 2.24) is 10.3 Å². The van der Waals surface area contributed by atoms with Crippen LogP contribution in [0, 0.1) is 0 Å². The van der Waals surface area contributed by atoms with Gasteiger partial charge in [0.1, 0.15) is 0 Å². The molecule has 2 N–H and O–H groups in total. The zero-order chi connectivity index (χ0) is 12.7. The molecule has 0 saturated heterocycles. The lowest BCUT2D eigenvalue weighted by atomic mass is 9.96. The zero-order valence-corrected chi connectivity index (χ0v) is 10.8. The average molecular weight is 242 g/mol. The summed E-state index contributed by atoms with van der Waals surface area (Å²) in [5, 5.41) is 4.51. The topological polar surface area (TPSA) is 44.9 Å². The highest BCUT2D eigenvalue weighted by atomic mass is 16.1. The predicted molar refractivity (Wildman–Crippen MR) is 74.1 cm³/mol. The SMILES string of the molecule is CC(C)c1cc2cc3c(cc2[nH]c1=O)CNCC3. The second-order valence-electron chi connectivity index (χ2n) is 5.34. The standard InChI is InChI=1S/C15H18N2O/c1-9(2)13-6-11-5-10-3-4-16-8-12(10)7-14(11)17-15(13)18/h5-7,9,16H,3-4,8H2,1-2H3,(H,17,18). The Bertz CT molecular complexity index is 655. The van der Waals surface area contributed by atoms with Crippen molar-refractivity contribution >= 4 is 10.9 Å². The second kappa shape index (κ2) is 4.25. The van der Waals surface area contributed by atoms with Gasteiger partial charge in [-0.1, -0.05) is 13.8 Å². The van der Waals surface area contributed by atoms with Crippen molar-refractivity contribution in [3.63, 3.8) is 0 Å². The number of hydrogen-bond acceptors (Lipinski definition) is 2. The molecule has 3 heteroatoms. The summed E-state index contributed by atoms with van der Waals surface area (Å²) in [6, 6.07) is 6.39. The first-order valence-electron chi connectivity index (χ1n) is 6.54. The van der Waals surface area contributed by atoms with Crippen LogP contribution in [0.3, 0.4) is 0 Å². The van der Waals surface area contributed by atoms with Gasteiger partial charge in [0.15, 0.2) is 0 Å². The lowest BCUT2D eigenvalue weighted by molar-refractivity contribution is 0.645. The highest BCUT2D eigenvalue weighted by Gasteiger charge is 2.12. The molecule has 0 amide bonds. The Hall–Kier alpha value is -1.61. The van der Waals surface area contributed by atoms with Gasteiger partial charge in [0, 0.05) is 17.6 Å². The number of nitrogens with one attached hydrogen (secondary N) is 2. The molecule has 0 saturated carbocycles. The summed E-state index contributed by atoms with van der Waals surface area (Å²) in [6.07, 6.45) is 1.07. The summed E-state index contributed by atoms with van der Waals surface area (Å²) in [6.45, 7) is 6.05.